The number of methoxy groups -OCH3 is 1. The second-order valence-electron chi connectivity index (χ2n) is 5.03. The van der Waals surface area contributed by atoms with E-state index in [2.05, 4.69) is 24.4 Å². The van der Waals surface area contributed by atoms with E-state index in [1.165, 1.54) is 11.1 Å². The minimum atomic E-state index is 0.223. The summed E-state index contributed by atoms with van der Waals surface area (Å²) in [6, 6.07) is 7.27. The fourth-order valence-corrected chi connectivity index (χ4v) is 2.92. The lowest BCUT2D eigenvalue weighted by Crippen LogP contribution is -2.50. The molecule has 0 bridgehead atoms. The molecule has 1 aromatic carbocycles. The maximum absolute atomic E-state index is 5.99. The Hall–Kier alpha value is -1.06. The fourth-order valence-electron chi connectivity index (χ4n) is 2.92. The van der Waals surface area contributed by atoms with Gasteiger partial charge in [-0.1, -0.05) is 6.07 Å². The van der Waals surface area contributed by atoms with Crippen LogP contribution >= 0.6 is 0 Å². The molecule has 3 atom stereocenters. The van der Waals surface area contributed by atoms with Crippen LogP contribution in [0.1, 0.15) is 30.6 Å². The second kappa shape index (κ2) is 4.31. The largest absolute Gasteiger partial charge is 0.497 e. The van der Waals surface area contributed by atoms with Gasteiger partial charge in [-0.05, 0) is 43.0 Å². The smallest absolute Gasteiger partial charge is 0.119 e. The molecule has 1 saturated heterocycles. The molecule has 3 nitrogen and oxygen atoms in total. The first-order valence-corrected chi connectivity index (χ1v) is 6.32. The lowest BCUT2D eigenvalue weighted by Gasteiger charge is -2.40. The van der Waals surface area contributed by atoms with Crippen molar-refractivity contribution in [2.45, 2.75) is 38.0 Å². The third kappa shape index (κ3) is 1.94. The van der Waals surface area contributed by atoms with Crippen molar-refractivity contribution in [1.82, 2.24) is 5.32 Å². The molecule has 0 saturated carbocycles. The SMILES string of the molecule is COc1ccc2c(c1)CCC1NC(C)COC21. The highest BCUT2D eigenvalue weighted by atomic mass is 16.5. The van der Waals surface area contributed by atoms with E-state index in [4.69, 9.17) is 9.47 Å². The molecule has 0 radical (unpaired) electrons. The first kappa shape index (κ1) is 11.1. The second-order valence-corrected chi connectivity index (χ2v) is 5.03. The number of morpholine rings is 1. The van der Waals surface area contributed by atoms with Crippen LogP contribution in [0.5, 0.6) is 5.75 Å². The molecule has 1 aromatic rings. The van der Waals surface area contributed by atoms with Crippen LogP contribution in [0.25, 0.3) is 0 Å². The maximum atomic E-state index is 5.99. The first-order chi connectivity index (χ1) is 8.28. The molecule has 17 heavy (non-hydrogen) atoms. The Bertz CT molecular complexity index is 419. The first-order valence-electron chi connectivity index (χ1n) is 6.32. The van der Waals surface area contributed by atoms with Crippen LogP contribution in [0.15, 0.2) is 18.2 Å². The van der Waals surface area contributed by atoms with Crippen LogP contribution < -0.4 is 10.1 Å². The van der Waals surface area contributed by atoms with Crippen molar-refractivity contribution >= 4 is 0 Å². The Labute approximate surface area is 102 Å². The molecule has 3 unspecified atom stereocenters. The number of rotatable bonds is 1. The Morgan fingerprint density at radius 1 is 1.41 bits per heavy atom. The molecule has 0 spiro atoms. The van der Waals surface area contributed by atoms with Gasteiger partial charge in [-0.3, -0.25) is 0 Å². The molecular formula is C14H19NO2. The Balaban J connectivity index is 1.91. The van der Waals surface area contributed by atoms with Gasteiger partial charge in [-0.2, -0.15) is 0 Å². The standard InChI is InChI=1S/C14H19NO2/c1-9-8-17-14-12-5-4-11(16-2)7-10(12)3-6-13(14)15-9/h4-5,7,9,13-15H,3,6,8H2,1-2H3. The number of fused-ring (bicyclic) bond motifs is 3. The van der Waals surface area contributed by atoms with Gasteiger partial charge in [0.25, 0.3) is 0 Å². The zero-order valence-corrected chi connectivity index (χ0v) is 10.4. The molecule has 1 aliphatic heterocycles. The lowest BCUT2D eigenvalue weighted by molar-refractivity contribution is -0.0325. The Morgan fingerprint density at radius 2 is 2.29 bits per heavy atom. The van der Waals surface area contributed by atoms with E-state index in [9.17, 15) is 0 Å². The lowest BCUT2D eigenvalue weighted by atomic mass is 9.84. The summed E-state index contributed by atoms with van der Waals surface area (Å²) in [5.41, 5.74) is 2.71. The van der Waals surface area contributed by atoms with E-state index in [1.54, 1.807) is 7.11 Å². The summed E-state index contributed by atoms with van der Waals surface area (Å²) in [6.07, 6.45) is 2.48. The van der Waals surface area contributed by atoms with Gasteiger partial charge in [-0.25, -0.2) is 0 Å². The average Bonchev–Trinajstić information content (AvgIpc) is 2.37. The van der Waals surface area contributed by atoms with Gasteiger partial charge < -0.3 is 14.8 Å². The summed E-state index contributed by atoms with van der Waals surface area (Å²) in [5.74, 6) is 0.944. The molecule has 0 amide bonds. The number of hydrogen-bond acceptors (Lipinski definition) is 3. The van der Waals surface area contributed by atoms with Crippen LogP contribution in [-0.4, -0.2) is 25.8 Å². The van der Waals surface area contributed by atoms with Crippen molar-refractivity contribution in [3.8, 4) is 5.75 Å². The van der Waals surface area contributed by atoms with Crippen molar-refractivity contribution in [3.63, 3.8) is 0 Å². The molecular weight excluding hydrogens is 214 g/mol. The molecule has 0 aromatic heterocycles. The zero-order valence-electron chi connectivity index (χ0n) is 10.4. The van der Waals surface area contributed by atoms with Crippen molar-refractivity contribution < 1.29 is 9.47 Å². The minimum absolute atomic E-state index is 0.223. The van der Waals surface area contributed by atoms with Crippen molar-refractivity contribution in [3.05, 3.63) is 29.3 Å². The van der Waals surface area contributed by atoms with Gasteiger partial charge >= 0.3 is 0 Å². The van der Waals surface area contributed by atoms with Gasteiger partial charge in [0.2, 0.25) is 0 Å². The summed E-state index contributed by atoms with van der Waals surface area (Å²) in [6.45, 7) is 2.98. The van der Waals surface area contributed by atoms with E-state index in [-0.39, 0.29) is 6.10 Å². The molecule has 2 aliphatic rings. The Morgan fingerprint density at radius 3 is 3.12 bits per heavy atom. The van der Waals surface area contributed by atoms with E-state index in [0.29, 0.717) is 12.1 Å². The molecule has 1 heterocycles. The van der Waals surface area contributed by atoms with Crippen LogP contribution in [0.2, 0.25) is 0 Å². The van der Waals surface area contributed by atoms with Crippen LogP contribution in [0, 0.1) is 0 Å². The third-order valence-corrected chi connectivity index (χ3v) is 3.77. The molecule has 1 fully saturated rings. The number of benzene rings is 1. The predicted octanol–water partition coefficient (Wildman–Crippen LogP) is 2.06. The van der Waals surface area contributed by atoms with Crippen molar-refractivity contribution in [2.75, 3.05) is 13.7 Å². The highest BCUT2D eigenvalue weighted by Crippen LogP contribution is 2.36. The van der Waals surface area contributed by atoms with Crippen molar-refractivity contribution in [1.29, 1.82) is 0 Å². The summed E-state index contributed by atoms with van der Waals surface area (Å²) in [5, 5.41) is 3.63. The minimum Gasteiger partial charge on any atom is -0.497 e. The normalized spacial score (nSPS) is 31.5. The van der Waals surface area contributed by atoms with E-state index in [0.717, 1.165) is 25.2 Å². The van der Waals surface area contributed by atoms with Gasteiger partial charge in [0, 0.05) is 12.1 Å². The topological polar surface area (TPSA) is 30.5 Å². The molecule has 92 valence electrons. The summed E-state index contributed by atoms with van der Waals surface area (Å²) in [7, 11) is 1.72. The number of aryl methyl sites for hydroxylation is 1. The van der Waals surface area contributed by atoms with Gasteiger partial charge in [-0.15, -0.1) is 0 Å². The summed E-state index contributed by atoms with van der Waals surface area (Å²) >= 11 is 0. The summed E-state index contributed by atoms with van der Waals surface area (Å²) < 4.78 is 11.3. The number of nitrogens with one attached hydrogen (secondary N) is 1. The average molecular weight is 233 g/mol. The van der Waals surface area contributed by atoms with Crippen LogP contribution in [0.3, 0.4) is 0 Å². The highest BCUT2D eigenvalue weighted by Gasteiger charge is 2.34. The molecule has 3 rings (SSSR count). The fraction of sp³-hybridized carbons (Fsp3) is 0.571. The summed E-state index contributed by atoms with van der Waals surface area (Å²) in [4.78, 5) is 0. The van der Waals surface area contributed by atoms with E-state index in [1.807, 2.05) is 6.07 Å². The molecule has 1 N–H and O–H groups in total. The van der Waals surface area contributed by atoms with Gasteiger partial charge in [0.15, 0.2) is 0 Å². The van der Waals surface area contributed by atoms with E-state index < -0.39 is 0 Å². The Kier molecular flexibility index (Phi) is 2.81. The molecule has 1 aliphatic carbocycles. The molecule has 3 heteroatoms. The number of hydrogen-bond donors (Lipinski definition) is 1. The third-order valence-electron chi connectivity index (χ3n) is 3.77. The highest BCUT2D eigenvalue weighted by molar-refractivity contribution is 5.39. The predicted molar refractivity (Wildman–Crippen MR) is 66.4 cm³/mol. The quantitative estimate of drug-likeness (QED) is 0.805. The van der Waals surface area contributed by atoms with Gasteiger partial charge in [0.05, 0.1) is 19.8 Å². The maximum Gasteiger partial charge on any atom is 0.119 e. The number of ether oxygens (including phenoxy) is 2. The van der Waals surface area contributed by atoms with E-state index >= 15 is 0 Å². The van der Waals surface area contributed by atoms with Crippen LogP contribution in [0.4, 0.5) is 0 Å². The van der Waals surface area contributed by atoms with Crippen molar-refractivity contribution in [2.24, 2.45) is 0 Å². The monoisotopic (exact) mass is 233 g/mol. The zero-order chi connectivity index (χ0) is 11.8. The van der Waals surface area contributed by atoms with Gasteiger partial charge in [0.1, 0.15) is 5.75 Å². The van der Waals surface area contributed by atoms with Crippen LogP contribution in [-0.2, 0) is 11.2 Å².